The van der Waals surface area contributed by atoms with E-state index in [0.717, 1.165) is 44.5 Å². The van der Waals surface area contributed by atoms with Crippen LogP contribution in [0.25, 0.3) is 75.4 Å². The predicted molar refractivity (Wildman–Crippen MR) is 277 cm³/mol. The van der Waals surface area contributed by atoms with Crippen LogP contribution in [0.2, 0.25) is 0 Å². The number of hydrogen-bond donors (Lipinski definition) is 2. The van der Waals surface area contributed by atoms with E-state index in [1.54, 1.807) is 14.2 Å². The molecule has 12 rings (SSSR count). The molecule has 66 heavy (non-hydrogen) atoms. The van der Waals surface area contributed by atoms with Crippen molar-refractivity contribution in [1.29, 1.82) is 0 Å². The molecule has 0 saturated carbocycles. The molecule has 324 valence electrons. The Kier molecular flexibility index (Phi) is 11.2. The zero-order valence-electron chi connectivity index (χ0n) is 37.8. The van der Waals surface area contributed by atoms with Crippen LogP contribution < -0.4 is 9.47 Å². The van der Waals surface area contributed by atoms with Crippen molar-refractivity contribution in [3.05, 3.63) is 229 Å². The molecule has 0 saturated heterocycles. The quantitative estimate of drug-likeness (QED) is 0.149. The van der Waals surface area contributed by atoms with Crippen LogP contribution in [0.4, 0.5) is 0 Å². The Labute approximate surface area is 385 Å². The number of ether oxygens (including phenoxy) is 2. The summed E-state index contributed by atoms with van der Waals surface area (Å²) < 4.78 is 11.1. The average Bonchev–Trinajstić information content (AvgIpc) is 3.35. The highest BCUT2D eigenvalue weighted by molar-refractivity contribution is 6.25. The Balaban J connectivity index is 0.000000122. The summed E-state index contributed by atoms with van der Waals surface area (Å²) in [5.41, 5.74) is 2.09. The van der Waals surface area contributed by atoms with Crippen molar-refractivity contribution in [2.45, 2.75) is 37.9 Å². The maximum Gasteiger partial charge on any atom is 0.127 e. The van der Waals surface area contributed by atoms with E-state index in [9.17, 15) is 10.2 Å². The standard InChI is InChI=1S/C28H28O2.2C17H12O/c1-27(29,19-21-9-5-3-6-10-21)25-15-13-24-18-26(16-14-23(24)17-25)28(2,30)20-22-11-7-4-8-12-22;2*1-18-15-10-13-6-2-4-11-8-9-12-5-3-7-14(15)17(12)16(11)13/h3-18,29-30H,19-20H2,1-2H3;2*2-10H,1H3. The number of hydrogen-bond acceptors (Lipinski definition) is 4. The van der Waals surface area contributed by atoms with Gasteiger partial charge in [-0.05, 0) is 114 Å². The van der Waals surface area contributed by atoms with Gasteiger partial charge in [-0.2, -0.15) is 0 Å². The minimum atomic E-state index is -0.951. The fraction of sp³-hybridized carbons (Fsp3) is 0.129. The molecule has 0 radical (unpaired) electrons. The van der Waals surface area contributed by atoms with Crippen LogP contribution in [0.1, 0.15) is 36.1 Å². The molecule has 0 aromatic heterocycles. The summed E-state index contributed by atoms with van der Waals surface area (Å²) in [6.07, 6.45) is 1.12. The molecular formula is C62H52O4. The molecule has 4 nitrogen and oxygen atoms in total. The van der Waals surface area contributed by atoms with Gasteiger partial charge in [-0.15, -0.1) is 0 Å². The minimum Gasteiger partial charge on any atom is -0.496 e. The molecule has 0 heterocycles. The van der Waals surface area contributed by atoms with Crippen LogP contribution in [-0.4, -0.2) is 24.4 Å². The fourth-order valence-electron chi connectivity index (χ4n) is 9.90. The largest absolute Gasteiger partial charge is 0.496 e. The maximum atomic E-state index is 11.1. The maximum absolute atomic E-state index is 11.1. The van der Waals surface area contributed by atoms with E-state index in [0.29, 0.717) is 12.8 Å². The van der Waals surface area contributed by atoms with Gasteiger partial charge in [-0.25, -0.2) is 0 Å². The van der Waals surface area contributed by atoms with Crippen molar-refractivity contribution in [3.8, 4) is 11.5 Å². The van der Waals surface area contributed by atoms with Crippen molar-refractivity contribution in [3.63, 3.8) is 0 Å². The first-order valence-electron chi connectivity index (χ1n) is 22.6. The molecule has 2 N–H and O–H groups in total. The molecule has 0 fully saturated rings. The lowest BCUT2D eigenvalue weighted by Gasteiger charge is -2.26. The van der Waals surface area contributed by atoms with Gasteiger partial charge in [0.25, 0.3) is 0 Å². The Bertz CT molecular complexity index is 3370. The molecule has 0 aliphatic heterocycles. The molecular weight excluding hydrogens is 809 g/mol. The van der Waals surface area contributed by atoms with E-state index in [4.69, 9.17) is 9.47 Å². The topological polar surface area (TPSA) is 58.9 Å². The Morgan fingerprint density at radius 2 is 0.667 bits per heavy atom. The van der Waals surface area contributed by atoms with Gasteiger partial charge in [0.05, 0.1) is 25.4 Å². The van der Waals surface area contributed by atoms with Gasteiger partial charge in [-0.3, -0.25) is 0 Å². The first-order chi connectivity index (χ1) is 32.1. The van der Waals surface area contributed by atoms with Crippen LogP contribution in [0, 0.1) is 0 Å². The van der Waals surface area contributed by atoms with E-state index in [1.807, 2.05) is 111 Å². The lowest BCUT2D eigenvalue weighted by Crippen LogP contribution is -2.24. The Hall–Kier alpha value is -7.50. The van der Waals surface area contributed by atoms with E-state index in [-0.39, 0.29) is 0 Å². The third-order valence-corrected chi connectivity index (χ3v) is 13.2. The van der Waals surface area contributed by atoms with Gasteiger partial charge < -0.3 is 19.7 Å². The monoisotopic (exact) mass is 860 g/mol. The van der Waals surface area contributed by atoms with E-state index in [1.165, 1.54) is 64.6 Å². The summed E-state index contributed by atoms with van der Waals surface area (Å²) in [5, 5.41) is 39.6. The van der Waals surface area contributed by atoms with Gasteiger partial charge in [0, 0.05) is 34.4 Å². The van der Waals surface area contributed by atoms with Crippen molar-refractivity contribution >= 4 is 75.4 Å². The predicted octanol–water partition coefficient (Wildman–Crippen LogP) is 14.9. The second kappa shape index (κ2) is 17.5. The highest BCUT2D eigenvalue weighted by atomic mass is 16.5. The van der Waals surface area contributed by atoms with Gasteiger partial charge in [-0.1, -0.05) is 182 Å². The van der Waals surface area contributed by atoms with Crippen molar-refractivity contribution < 1.29 is 19.7 Å². The summed E-state index contributed by atoms with van der Waals surface area (Å²) in [6, 6.07) is 70.8. The van der Waals surface area contributed by atoms with Crippen LogP contribution in [0.3, 0.4) is 0 Å². The Morgan fingerprint density at radius 1 is 0.333 bits per heavy atom. The number of rotatable bonds is 8. The number of aliphatic hydroxyl groups is 2. The first-order valence-corrected chi connectivity index (χ1v) is 22.6. The van der Waals surface area contributed by atoms with Gasteiger partial charge in [0.1, 0.15) is 11.5 Å². The minimum absolute atomic E-state index is 0.559. The van der Waals surface area contributed by atoms with Crippen LogP contribution in [0.15, 0.2) is 206 Å². The fourth-order valence-corrected chi connectivity index (χ4v) is 9.90. The zero-order chi connectivity index (χ0) is 45.4. The van der Waals surface area contributed by atoms with Crippen molar-refractivity contribution in [2.75, 3.05) is 14.2 Å². The zero-order valence-corrected chi connectivity index (χ0v) is 37.8. The van der Waals surface area contributed by atoms with E-state index < -0.39 is 11.2 Å². The first kappa shape index (κ1) is 42.5. The molecule has 4 heteroatoms. The summed E-state index contributed by atoms with van der Waals surface area (Å²) in [6.45, 7) is 3.72. The van der Waals surface area contributed by atoms with Gasteiger partial charge in [0.15, 0.2) is 0 Å². The third-order valence-electron chi connectivity index (χ3n) is 13.2. The molecule has 2 unspecified atom stereocenters. The summed E-state index contributed by atoms with van der Waals surface area (Å²) in [5.74, 6) is 1.90. The number of benzene rings is 12. The van der Waals surface area contributed by atoms with E-state index in [2.05, 4.69) is 109 Å². The lowest BCUT2D eigenvalue weighted by atomic mass is 9.85. The summed E-state index contributed by atoms with van der Waals surface area (Å²) in [7, 11) is 3.47. The Morgan fingerprint density at radius 3 is 1.05 bits per heavy atom. The average molecular weight is 861 g/mol. The molecule has 0 aliphatic rings. The molecule has 12 aromatic carbocycles. The second-order valence-electron chi connectivity index (χ2n) is 17.9. The highest BCUT2D eigenvalue weighted by Gasteiger charge is 2.26. The molecule has 0 aliphatic carbocycles. The normalized spacial score (nSPS) is 13.4. The second-order valence-corrected chi connectivity index (χ2v) is 17.9. The lowest BCUT2D eigenvalue weighted by molar-refractivity contribution is 0.0570. The number of methoxy groups -OCH3 is 2. The molecule has 0 amide bonds. The third kappa shape index (κ3) is 8.11. The van der Waals surface area contributed by atoms with Crippen molar-refractivity contribution in [2.24, 2.45) is 0 Å². The molecule has 0 bridgehead atoms. The molecule has 2 atom stereocenters. The van der Waals surface area contributed by atoms with E-state index >= 15 is 0 Å². The molecule has 0 spiro atoms. The van der Waals surface area contributed by atoms with Gasteiger partial charge >= 0.3 is 0 Å². The smallest absolute Gasteiger partial charge is 0.127 e. The molecule has 12 aromatic rings. The SMILES string of the molecule is CC(O)(Cc1ccccc1)c1ccc2cc(C(C)(O)Cc3ccccc3)ccc2c1.COc1cc2cccc3ccc4cccc1c4c32.COc1cc2cccc3ccc4cccc1c4c32. The van der Waals surface area contributed by atoms with Crippen LogP contribution in [-0.2, 0) is 24.0 Å². The van der Waals surface area contributed by atoms with Crippen LogP contribution >= 0.6 is 0 Å². The van der Waals surface area contributed by atoms with Gasteiger partial charge in [0.2, 0.25) is 0 Å². The van der Waals surface area contributed by atoms with Crippen molar-refractivity contribution in [1.82, 2.24) is 0 Å². The summed E-state index contributed by atoms with van der Waals surface area (Å²) >= 11 is 0. The summed E-state index contributed by atoms with van der Waals surface area (Å²) in [4.78, 5) is 0. The highest BCUT2D eigenvalue weighted by Crippen LogP contribution is 2.41. The van der Waals surface area contributed by atoms with Crippen LogP contribution in [0.5, 0.6) is 11.5 Å². The number of fused-ring (bicyclic) bond motifs is 1.